The number of aryl methyl sites for hydroxylation is 1. The zero-order valence-corrected chi connectivity index (χ0v) is 11.4. The standard InChI is InChI=1S/C12H13F7N2O/c1-10(13,14)4-5-21-6-2-3-11(15,16)9(22)7(6)8(20-21)12(17,18)19/h9,22H,2-5H2,1H3. The van der Waals surface area contributed by atoms with Crippen molar-refractivity contribution in [3.63, 3.8) is 0 Å². The first-order valence-electron chi connectivity index (χ1n) is 6.43. The molecule has 0 saturated carbocycles. The number of aliphatic hydroxyl groups is 1. The van der Waals surface area contributed by atoms with Gasteiger partial charge in [0.15, 0.2) is 5.69 Å². The SMILES string of the molecule is CC(F)(F)CCn1nc(C(F)(F)F)c2c1CCC(F)(F)C2O. The van der Waals surface area contributed by atoms with E-state index in [1.807, 2.05) is 0 Å². The smallest absolute Gasteiger partial charge is 0.382 e. The van der Waals surface area contributed by atoms with Crippen LogP contribution in [0.15, 0.2) is 0 Å². The van der Waals surface area contributed by atoms with E-state index in [1.54, 1.807) is 0 Å². The Morgan fingerprint density at radius 1 is 1.27 bits per heavy atom. The molecule has 3 nitrogen and oxygen atoms in total. The molecular weight excluding hydrogens is 321 g/mol. The van der Waals surface area contributed by atoms with Crippen LogP contribution in [0.3, 0.4) is 0 Å². The Hall–Kier alpha value is -1.32. The minimum Gasteiger partial charge on any atom is -0.382 e. The highest BCUT2D eigenvalue weighted by Gasteiger charge is 2.51. The molecule has 0 bridgehead atoms. The number of aliphatic hydroxyl groups excluding tert-OH is 1. The highest BCUT2D eigenvalue weighted by molar-refractivity contribution is 5.35. The van der Waals surface area contributed by atoms with E-state index in [2.05, 4.69) is 5.10 Å². The Kier molecular flexibility index (Phi) is 3.95. The molecule has 1 aliphatic carbocycles. The van der Waals surface area contributed by atoms with Crippen LogP contribution < -0.4 is 0 Å². The van der Waals surface area contributed by atoms with Crippen molar-refractivity contribution in [1.82, 2.24) is 9.78 Å². The second-order valence-electron chi connectivity index (χ2n) is 5.41. The van der Waals surface area contributed by atoms with E-state index in [9.17, 15) is 35.8 Å². The minimum absolute atomic E-state index is 0.269. The molecule has 126 valence electrons. The summed E-state index contributed by atoms with van der Waals surface area (Å²) in [6.07, 6.45) is -9.84. The zero-order valence-electron chi connectivity index (χ0n) is 11.4. The molecule has 0 saturated heterocycles. The van der Waals surface area contributed by atoms with E-state index < -0.39 is 61.2 Å². The minimum atomic E-state index is -5.06. The summed E-state index contributed by atoms with van der Waals surface area (Å²) < 4.78 is 92.0. The third-order valence-corrected chi connectivity index (χ3v) is 3.50. The number of nitrogens with zero attached hydrogens (tertiary/aromatic N) is 2. The number of hydrogen-bond acceptors (Lipinski definition) is 2. The van der Waals surface area contributed by atoms with Crippen LogP contribution in [0.25, 0.3) is 0 Å². The van der Waals surface area contributed by atoms with Crippen molar-refractivity contribution < 1.29 is 35.8 Å². The van der Waals surface area contributed by atoms with Crippen molar-refractivity contribution in [1.29, 1.82) is 0 Å². The van der Waals surface area contributed by atoms with Crippen LogP contribution in [0.5, 0.6) is 0 Å². The number of aromatic nitrogens is 2. The predicted molar refractivity (Wildman–Crippen MR) is 60.7 cm³/mol. The van der Waals surface area contributed by atoms with Crippen LogP contribution in [0.1, 0.15) is 42.8 Å². The monoisotopic (exact) mass is 334 g/mol. The fraction of sp³-hybridized carbons (Fsp3) is 0.750. The summed E-state index contributed by atoms with van der Waals surface area (Å²) >= 11 is 0. The van der Waals surface area contributed by atoms with Crippen molar-refractivity contribution in [2.75, 3.05) is 0 Å². The summed E-state index contributed by atoms with van der Waals surface area (Å²) in [6.45, 7) is 0.0385. The lowest BCUT2D eigenvalue weighted by molar-refractivity contribution is -0.150. The molecule has 1 N–H and O–H groups in total. The summed E-state index contributed by atoms with van der Waals surface area (Å²) in [5.74, 6) is -6.84. The van der Waals surface area contributed by atoms with Crippen LogP contribution in [-0.4, -0.2) is 26.7 Å². The van der Waals surface area contributed by atoms with Gasteiger partial charge in [0.25, 0.3) is 5.92 Å². The van der Waals surface area contributed by atoms with Crippen LogP contribution >= 0.6 is 0 Å². The van der Waals surface area contributed by atoms with Crippen LogP contribution in [-0.2, 0) is 19.1 Å². The molecule has 0 aliphatic heterocycles. The molecule has 1 aliphatic rings. The van der Waals surface area contributed by atoms with Crippen molar-refractivity contribution in [3.05, 3.63) is 17.0 Å². The van der Waals surface area contributed by atoms with E-state index in [0.717, 1.165) is 0 Å². The first-order valence-corrected chi connectivity index (χ1v) is 6.43. The van der Waals surface area contributed by atoms with E-state index in [1.165, 1.54) is 0 Å². The third-order valence-electron chi connectivity index (χ3n) is 3.50. The fourth-order valence-electron chi connectivity index (χ4n) is 2.39. The van der Waals surface area contributed by atoms with Crippen molar-refractivity contribution in [2.24, 2.45) is 0 Å². The van der Waals surface area contributed by atoms with Crippen molar-refractivity contribution >= 4 is 0 Å². The lowest BCUT2D eigenvalue weighted by Crippen LogP contribution is -2.33. The largest absolute Gasteiger partial charge is 0.435 e. The van der Waals surface area contributed by atoms with Crippen molar-refractivity contribution in [2.45, 2.75) is 56.9 Å². The molecule has 1 unspecified atom stereocenters. The molecule has 2 rings (SSSR count). The molecule has 1 aromatic rings. The van der Waals surface area contributed by atoms with Gasteiger partial charge in [-0.3, -0.25) is 4.68 Å². The molecule has 0 aromatic carbocycles. The van der Waals surface area contributed by atoms with Gasteiger partial charge in [0.2, 0.25) is 5.92 Å². The number of fused-ring (bicyclic) bond motifs is 1. The number of alkyl halides is 7. The Bertz CT molecular complexity index is 559. The van der Waals surface area contributed by atoms with Gasteiger partial charge in [0, 0.05) is 30.6 Å². The molecule has 22 heavy (non-hydrogen) atoms. The third kappa shape index (κ3) is 3.21. The normalized spacial score (nSPS) is 21.8. The first kappa shape index (κ1) is 17.0. The molecule has 0 amide bonds. The van der Waals surface area contributed by atoms with Gasteiger partial charge in [-0.25, -0.2) is 17.6 Å². The van der Waals surface area contributed by atoms with E-state index in [0.29, 0.717) is 11.6 Å². The highest BCUT2D eigenvalue weighted by atomic mass is 19.4. The molecule has 1 atom stereocenters. The van der Waals surface area contributed by atoms with Gasteiger partial charge in [0.05, 0.1) is 0 Å². The fourth-order valence-corrected chi connectivity index (χ4v) is 2.39. The van der Waals surface area contributed by atoms with Gasteiger partial charge in [-0.1, -0.05) is 0 Å². The summed E-state index contributed by atoms with van der Waals surface area (Å²) in [7, 11) is 0. The Balaban J connectivity index is 2.47. The average molecular weight is 334 g/mol. The van der Waals surface area contributed by atoms with Gasteiger partial charge in [0.1, 0.15) is 6.10 Å². The maximum absolute atomic E-state index is 13.5. The highest BCUT2D eigenvalue weighted by Crippen LogP contribution is 2.46. The molecule has 10 heteroatoms. The number of rotatable bonds is 3. The van der Waals surface area contributed by atoms with Gasteiger partial charge >= 0.3 is 6.18 Å². The molecular formula is C12H13F7N2O. The van der Waals surface area contributed by atoms with Crippen molar-refractivity contribution in [3.8, 4) is 0 Å². The maximum Gasteiger partial charge on any atom is 0.435 e. The summed E-state index contributed by atoms with van der Waals surface area (Å²) in [6, 6.07) is 0. The van der Waals surface area contributed by atoms with Gasteiger partial charge in [-0.15, -0.1) is 0 Å². The molecule has 0 fully saturated rings. The summed E-state index contributed by atoms with van der Waals surface area (Å²) in [5.41, 5.74) is -2.92. The molecule has 0 spiro atoms. The lowest BCUT2D eigenvalue weighted by Gasteiger charge is -2.28. The molecule has 1 aromatic heterocycles. The Labute approximate surface area is 120 Å². The topological polar surface area (TPSA) is 38.0 Å². The molecule has 1 heterocycles. The van der Waals surface area contributed by atoms with E-state index in [-0.39, 0.29) is 5.69 Å². The maximum atomic E-state index is 13.5. The number of hydrogen-bond donors (Lipinski definition) is 1. The second kappa shape index (κ2) is 5.10. The van der Waals surface area contributed by atoms with Crippen LogP contribution in [0.4, 0.5) is 30.7 Å². The van der Waals surface area contributed by atoms with E-state index >= 15 is 0 Å². The van der Waals surface area contributed by atoms with E-state index in [4.69, 9.17) is 0 Å². The molecule has 0 radical (unpaired) electrons. The van der Waals surface area contributed by atoms with Gasteiger partial charge < -0.3 is 5.11 Å². The quantitative estimate of drug-likeness (QED) is 0.859. The summed E-state index contributed by atoms with van der Waals surface area (Å²) in [5, 5.41) is 12.7. The Morgan fingerprint density at radius 2 is 1.86 bits per heavy atom. The predicted octanol–water partition coefficient (Wildman–Crippen LogP) is 3.56. The second-order valence-corrected chi connectivity index (χ2v) is 5.41. The van der Waals surface area contributed by atoms with Crippen LogP contribution in [0, 0.1) is 0 Å². The average Bonchev–Trinajstić information content (AvgIpc) is 2.70. The van der Waals surface area contributed by atoms with Crippen LogP contribution in [0.2, 0.25) is 0 Å². The zero-order chi connectivity index (χ0) is 16.9. The van der Waals surface area contributed by atoms with Gasteiger partial charge in [-0.05, 0) is 13.3 Å². The Morgan fingerprint density at radius 3 is 2.36 bits per heavy atom. The number of halogens is 7. The summed E-state index contributed by atoms with van der Waals surface area (Å²) in [4.78, 5) is 0. The van der Waals surface area contributed by atoms with Gasteiger partial charge in [-0.2, -0.15) is 18.3 Å². The lowest BCUT2D eigenvalue weighted by atomic mass is 9.89. The first-order chi connectivity index (χ1) is 9.83.